The van der Waals surface area contributed by atoms with Crippen molar-refractivity contribution < 1.29 is 111 Å². The van der Waals surface area contributed by atoms with E-state index in [1.165, 1.54) is 36.4 Å². The van der Waals surface area contributed by atoms with E-state index >= 15 is 0 Å². The van der Waals surface area contributed by atoms with E-state index < -0.39 is 64.4 Å². The number of hydrogen-bond donors (Lipinski definition) is 5. The molecule has 0 saturated carbocycles. The number of rotatable bonds is 8. The van der Waals surface area contributed by atoms with Crippen LogP contribution in [0.1, 0.15) is 0 Å². The van der Waals surface area contributed by atoms with Crippen LogP contribution in [0.25, 0.3) is 10.8 Å². The van der Waals surface area contributed by atoms with Crippen molar-refractivity contribution in [2.24, 2.45) is 30.7 Å². The van der Waals surface area contributed by atoms with Crippen molar-refractivity contribution in [2.75, 3.05) is 0 Å². The van der Waals surface area contributed by atoms with Crippen LogP contribution in [0.5, 0.6) is 28.7 Å². The average molecular weight is 725 g/mol. The molecule has 5 aromatic rings. The molecule has 0 spiro atoms. The Bertz CT molecular complexity index is 2370. The van der Waals surface area contributed by atoms with Gasteiger partial charge in [0.15, 0.2) is 5.75 Å². The zero-order chi connectivity index (χ0) is 34.1. The minimum atomic E-state index is -5.13. The van der Waals surface area contributed by atoms with Crippen molar-refractivity contribution in [3.05, 3.63) is 78.9 Å². The topological polar surface area (TPSA) is 290 Å². The van der Waals surface area contributed by atoms with Gasteiger partial charge in [-0.15, -0.1) is 32.0 Å². The summed E-state index contributed by atoms with van der Waals surface area (Å²) in [5.74, 6) is -2.85. The van der Waals surface area contributed by atoms with Crippen LogP contribution in [-0.2, 0) is 20.2 Å². The Balaban J connectivity index is 0.00000325. The fourth-order valence-electron chi connectivity index (χ4n) is 4.05. The van der Waals surface area contributed by atoms with Crippen molar-refractivity contribution in [1.82, 2.24) is 0 Å². The third-order valence-electron chi connectivity index (χ3n) is 6.23. The third-order valence-corrected chi connectivity index (χ3v) is 7.92. The molecule has 0 aliphatic rings. The van der Waals surface area contributed by atoms with Gasteiger partial charge < -0.3 is 25.5 Å². The van der Waals surface area contributed by atoms with Gasteiger partial charge in [0.1, 0.15) is 33.5 Å². The maximum atomic E-state index is 12.3. The summed E-state index contributed by atoms with van der Waals surface area (Å²) in [6.07, 6.45) is 0. The molecule has 5 aromatic carbocycles. The molecule has 21 heteroatoms. The van der Waals surface area contributed by atoms with Gasteiger partial charge in [0.2, 0.25) is 0 Å². The van der Waals surface area contributed by atoms with E-state index in [4.69, 9.17) is 0 Å². The number of phenols is 3. The summed E-state index contributed by atoms with van der Waals surface area (Å²) < 4.78 is 68.1. The van der Waals surface area contributed by atoms with Crippen molar-refractivity contribution in [3.63, 3.8) is 0 Å². The molecule has 17 nitrogen and oxygen atoms in total. The predicted molar refractivity (Wildman–Crippen MR) is 159 cm³/mol. The van der Waals surface area contributed by atoms with Gasteiger partial charge in [-0.25, -0.2) is 0 Å². The minimum absolute atomic E-state index is 0. The van der Waals surface area contributed by atoms with Crippen molar-refractivity contribution >= 4 is 65.1 Å². The Kier molecular flexibility index (Phi) is 12.6. The molecule has 0 aromatic heterocycles. The van der Waals surface area contributed by atoms with Crippen LogP contribution in [0.2, 0.25) is 0 Å². The van der Waals surface area contributed by atoms with E-state index in [1.54, 1.807) is 0 Å². The Labute approximate surface area is 321 Å². The van der Waals surface area contributed by atoms with Gasteiger partial charge >= 0.3 is 59.1 Å². The summed E-state index contributed by atoms with van der Waals surface area (Å²) in [4.78, 5) is -1.78. The van der Waals surface area contributed by atoms with Crippen molar-refractivity contribution in [1.29, 1.82) is 0 Å². The molecule has 0 radical (unpaired) electrons. The van der Waals surface area contributed by atoms with E-state index in [9.17, 15) is 51.5 Å². The maximum absolute atomic E-state index is 12.3. The van der Waals surface area contributed by atoms with Gasteiger partial charge in [-0.2, -0.15) is 27.1 Å². The second kappa shape index (κ2) is 15.7. The second-order valence-corrected chi connectivity index (χ2v) is 12.3. The average Bonchev–Trinajstić information content (AvgIpc) is 2.99. The van der Waals surface area contributed by atoms with E-state index in [0.29, 0.717) is 0 Å². The fourth-order valence-corrected chi connectivity index (χ4v) is 5.24. The summed E-state index contributed by atoms with van der Waals surface area (Å²) in [6, 6.07) is 14.4. The van der Waals surface area contributed by atoms with Crippen LogP contribution in [0.4, 0.5) is 34.1 Å². The summed E-state index contributed by atoms with van der Waals surface area (Å²) in [7, 11) is -10.1. The van der Waals surface area contributed by atoms with Crippen LogP contribution in [0, 0.1) is 0 Å². The molecule has 0 aliphatic carbocycles. The van der Waals surface area contributed by atoms with Gasteiger partial charge in [-0.05, 0) is 72.1 Å². The molecule has 240 valence electrons. The molecule has 0 amide bonds. The van der Waals surface area contributed by atoms with Gasteiger partial charge in [0.25, 0.3) is 20.2 Å². The first-order chi connectivity index (χ1) is 22.1. The number of nitrogens with zero attached hydrogens (tertiary/aromatic N) is 6. The van der Waals surface area contributed by atoms with Crippen molar-refractivity contribution in [2.45, 2.75) is 9.79 Å². The molecule has 0 bridgehead atoms. The molecule has 0 heterocycles. The molecule has 0 fully saturated rings. The van der Waals surface area contributed by atoms with Crippen molar-refractivity contribution in [3.8, 4) is 28.7 Å². The number of azo groups is 3. The largest absolute Gasteiger partial charge is 1.00 e. The number of aromatic hydroxyl groups is 3. The summed E-state index contributed by atoms with van der Waals surface area (Å²) >= 11 is 0. The summed E-state index contributed by atoms with van der Waals surface area (Å²) in [5, 5.41) is 76.1. The molecular formula is C28H18N6Na2O11S2. The smallest absolute Gasteiger partial charge is 0.872 e. The van der Waals surface area contributed by atoms with Gasteiger partial charge in [0, 0.05) is 0 Å². The summed E-state index contributed by atoms with van der Waals surface area (Å²) in [5.41, 5.74) is -1.05. The van der Waals surface area contributed by atoms with E-state index in [-0.39, 0.29) is 98.4 Å². The normalized spacial score (nSPS) is 12.0. The predicted octanol–water partition coefficient (Wildman–Crippen LogP) is -0.149. The van der Waals surface area contributed by atoms with Gasteiger partial charge in [-0.3, -0.25) is 9.11 Å². The molecule has 49 heavy (non-hydrogen) atoms. The van der Waals surface area contributed by atoms with E-state index in [2.05, 4.69) is 30.7 Å². The molecule has 0 unspecified atom stereocenters. The third kappa shape index (κ3) is 9.36. The SMILES string of the molecule is O=S(=O)(O)c1cc(N=Nc2ccc([O-])cc2O)c2c(O)c(N=Nc3ccc(N=Nc4ccc([O-])cc4O)cc3)c(S(=O)(=O)O)cc2c1.[Na+].[Na+]. The number of phenolic OH excluding ortho intramolecular Hbond substituents is 3. The van der Waals surface area contributed by atoms with E-state index in [1.807, 2.05) is 0 Å². The molecular weight excluding hydrogens is 706 g/mol. The Hall–Kier alpha value is -4.02. The second-order valence-electron chi connectivity index (χ2n) is 9.48. The molecule has 0 saturated heterocycles. The number of fused-ring (bicyclic) bond motifs is 1. The van der Waals surface area contributed by atoms with Gasteiger partial charge in [-0.1, -0.05) is 12.1 Å². The fraction of sp³-hybridized carbons (Fsp3) is 0. The first-order valence-electron chi connectivity index (χ1n) is 12.7. The quantitative estimate of drug-likeness (QED) is 0.0797. The standard InChI is InChI=1S/C28H20N6O11S2.2Na/c35-17-5-7-20(23(37)11-17)31-29-15-1-3-16(4-2-15)30-34-27-25(47(43,44)45)10-14-9-19(46(40,41)42)13-22(26(14)28(27)39)33-32-21-8-6-18(36)12-24(21)38;;/h1-13,35-39H,(H,40,41,42)(H,43,44,45);;/q;2*+1/p-2. The Morgan fingerprint density at radius 2 is 1.00 bits per heavy atom. The summed E-state index contributed by atoms with van der Waals surface area (Å²) in [6.45, 7) is 0. The van der Waals surface area contributed by atoms with Crippen LogP contribution in [0.3, 0.4) is 0 Å². The first-order valence-corrected chi connectivity index (χ1v) is 15.6. The minimum Gasteiger partial charge on any atom is -0.872 e. The van der Waals surface area contributed by atoms with E-state index in [0.717, 1.165) is 42.5 Å². The number of hydrogen-bond acceptors (Lipinski definition) is 15. The molecule has 5 N–H and O–H groups in total. The molecule has 0 aliphatic heterocycles. The monoisotopic (exact) mass is 724 g/mol. The first kappa shape index (κ1) is 39.4. The van der Waals surface area contributed by atoms with Crippen LogP contribution >= 0.6 is 0 Å². The van der Waals surface area contributed by atoms with Crippen LogP contribution in [0.15, 0.2) is 119 Å². The zero-order valence-corrected chi connectivity index (χ0v) is 30.8. The van der Waals surface area contributed by atoms with Crippen LogP contribution < -0.4 is 69.3 Å². The van der Waals surface area contributed by atoms with Gasteiger partial charge in [0.05, 0.1) is 27.3 Å². The molecule has 5 rings (SSSR count). The zero-order valence-electron chi connectivity index (χ0n) is 25.2. The molecule has 0 atom stereocenters. The Morgan fingerprint density at radius 3 is 1.47 bits per heavy atom. The van der Waals surface area contributed by atoms with Crippen LogP contribution in [-0.4, -0.2) is 41.3 Å². The number of benzene rings is 5. The maximum Gasteiger partial charge on any atom is 1.00 e. The Morgan fingerprint density at radius 1 is 0.531 bits per heavy atom.